The lowest BCUT2D eigenvalue weighted by Crippen LogP contribution is -2.21. The molecule has 0 radical (unpaired) electrons. The molecule has 0 spiro atoms. The summed E-state index contributed by atoms with van der Waals surface area (Å²) in [5, 5.41) is 16.9. The first-order valence-electron chi connectivity index (χ1n) is 5.59. The summed E-state index contributed by atoms with van der Waals surface area (Å²) < 4.78 is 1.82. The molecule has 18 heavy (non-hydrogen) atoms. The first kappa shape index (κ1) is 13.0. The van der Waals surface area contributed by atoms with Crippen LogP contribution in [0.2, 0.25) is 0 Å². The van der Waals surface area contributed by atoms with Gasteiger partial charge < -0.3 is 0 Å². The minimum atomic E-state index is -0.383. The Hall–Kier alpha value is -1.43. The Morgan fingerprint density at radius 2 is 2.22 bits per heavy atom. The molecule has 2 rings (SSSR count). The van der Waals surface area contributed by atoms with Crippen molar-refractivity contribution < 1.29 is 4.92 Å². The van der Waals surface area contributed by atoms with E-state index in [1.54, 1.807) is 18.3 Å². The average molecular weight is 312 g/mol. The largest absolute Gasteiger partial charge is 0.271 e. The van der Waals surface area contributed by atoms with Crippen molar-refractivity contribution in [3.63, 3.8) is 0 Å². The Labute approximate surface area is 113 Å². The van der Waals surface area contributed by atoms with Crippen LogP contribution in [0.4, 0.5) is 5.69 Å². The van der Waals surface area contributed by atoms with E-state index in [-0.39, 0.29) is 16.0 Å². The standard InChI is InChI=1S/C12H14BrN3O2/c1-12(2,7-13)8-15-11-5-10(16(17)18)4-3-9(11)6-14-15/h3-6H,7-8H2,1-2H3. The van der Waals surface area contributed by atoms with E-state index in [4.69, 9.17) is 0 Å². The summed E-state index contributed by atoms with van der Waals surface area (Å²) in [5.41, 5.74) is 0.947. The third-order valence-corrected chi connectivity index (χ3v) is 4.30. The van der Waals surface area contributed by atoms with Gasteiger partial charge in [-0.15, -0.1) is 0 Å². The molecule has 0 aliphatic heterocycles. The number of benzene rings is 1. The Bertz CT molecular complexity index is 592. The van der Waals surface area contributed by atoms with Gasteiger partial charge in [-0.05, 0) is 11.5 Å². The zero-order chi connectivity index (χ0) is 13.3. The molecule has 2 aromatic rings. The lowest BCUT2D eigenvalue weighted by atomic mass is 9.97. The smallest absolute Gasteiger partial charge is 0.264 e. The van der Waals surface area contributed by atoms with Crippen molar-refractivity contribution in [1.29, 1.82) is 0 Å². The first-order chi connectivity index (χ1) is 8.43. The number of nitro groups is 1. The van der Waals surface area contributed by atoms with E-state index in [9.17, 15) is 10.1 Å². The molecule has 0 aliphatic rings. The molecule has 96 valence electrons. The highest BCUT2D eigenvalue weighted by Gasteiger charge is 2.19. The van der Waals surface area contributed by atoms with Gasteiger partial charge in [0, 0.05) is 29.4 Å². The van der Waals surface area contributed by atoms with Crippen molar-refractivity contribution in [3.05, 3.63) is 34.5 Å². The van der Waals surface area contributed by atoms with Gasteiger partial charge in [0.2, 0.25) is 0 Å². The molecule has 0 N–H and O–H groups in total. The number of alkyl halides is 1. The van der Waals surface area contributed by atoms with Crippen molar-refractivity contribution >= 4 is 32.5 Å². The fraction of sp³-hybridized carbons (Fsp3) is 0.417. The molecule has 1 aromatic carbocycles. The van der Waals surface area contributed by atoms with Gasteiger partial charge >= 0.3 is 0 Å². The molecule has 0 aliphatic carbocycles. The molecule has 0 bridgehead atoms. The number of rotatable bonds is 4. The Morgan fingerprint density at radius 1 is 1.50 bits per heavy atom. The van der Waals surface area contributed by atoms with E-state index in [1.165, 1.54) is 6.07 Å². The summed E-state index contributed by atoms with van der Waals surface area (Å²) in [5.74, 6) is 0. The number of halogens is 1. The van der Waals surface area contributed by atoms with Crippen LogP contribution >= 0.6 is 15.9 Å². The van der Waals surface area contributed by atoms with E-state index in [0.29, 0.717) is 6.54 Å². The van der Waals surface area contributed by atoms with Crippen LogP contribution in [-0.4, -0.2) is 20.0 Å². The molecular weight excluding hydrogens is 298 g/mol. The van der Waals surface area contributed by atoms with Crippen LogP contribution < -0.4 is 0 Å². The van der Waals surface area contributed by atoms with E-state index in [1.807, 2.05) is 4.68 Å². The topological polar surface area (TPSA) is 61.0 Å². The number of fused-ring (bicyclic) bond motifs is 1. The Balaban J connectivity index is 2.45. The number of nitrogens with zero attached hydrogens (tertiary/aromatic N) is 3. The lowest BCUT2D eigenvalue weighted by Gasteiger charge is -2.21. The van der Waals surface area contributed by atoms with Gasteiger partial charge in [-0.25, -0.2) is 0 Å². The summed E-state index contributed by atoms with van der Waals surface area (Å²) in [6.45, 7) is 4.95. The SMILES string of the molecule is CC(C)(CBr)Cn1ncc2ccc([N+](=O)[O-])cc21. The zero-order valence-corrected chi connectivity index (χ0v) is 11.8. The normalized spacial score (nSPS) is 11.9. The highest BCUT2D eigenvalue weighted by atomic mass is 79.9. The molecule has 1 heterocycles. The van der Waals surface area contributed by atoms with E-state index in [0.717, 1.165) is 16.2 Å². The minimum Gasteiger partial charge on any atom is -0.264 e. The number of non-ortho nitro benzene ring substituents is 1. The predicted octanol–water partition coefficient (Wildman–Crippen LogP) is 3.37. The zero-order valence-electron chi connectivity index (χ0n) is 10.3. The summed E-state index contributed by atoms with van der Waals surface area (Å²) in [6, 6.07) is 4.81. The molecule has 0 saturated carbocycles. The highest BCUT2D eigenvalue weighted by Crippen LogP contribution is 2.25. The van der Waals surface area contributed by atoms with Crippen LogP contribution in [0.25, 0.3) is 10.9 Å². The van der Waals surface area contributed by atoms with Crippen LogP contribution in [0.3, 0.4) is 0 Å². The van der Waals surface area contributed by atoms with Gasteiger partial charge in [0.1, 0.15) is 0 Å². The van der Waals surface area contributed by atoms with Crippen molar-refractivity contribution in [2.24, 2.45) is 5.41 Å². The number of hydrogen-bond acceptors (Lipinski definition) is 3. The maximum atomic E-state index is 10.8. The molecule has 6 heteroatoms. The van der Waals surface area contributed by atoms with Gasteiger partial charge in [-0.3, -0.25) is 14.8 Å². The summed E-state index contributed by atoms with van der Waals surface area (Å²) in [7, 11) is 0. The second kappa shape index (κ2) is 4.68. The number of aromatic nitrogens is 2. The van der Waals surface area contributed by atoms with Crippen LogP contribution in [-0.2, 0) is 6.54 Å². The number of hydrogen-bond donors (Lipinski definition) is 0. The molecule has 1 aromatic heterocycles. The summed E-state index contributed by atoms with van der Waals surface area (Å²) >= 11 is 3.47. The summed E-state index contributed by atoms with van der Waals surface area (Å²) in [6.07, 6.45) is 1.74. The molecule has 0 saturated heterocycles. The van der Waals surface area contributed by atoms with Gasteiger partial charge in [-0.2, -0.15) is 5.10 Å². The maximum absolute atomic E-state index is 10.8. The van der Waals surface area contributed by atoms with Crippen LogP contribution in [0.15, 0.2) is 24.4 Å². The van der Waals surface area contributed by atoms with E-state index in [2.05, 4.69) is 34.9 Å². The summed E-state index contributed by atoms with van der Waals surface area (Å²) in [4.78, 5) is 10.4. The van der Waals surface area contributed by atoms with Gasteiger partial charge in [-0.1, -0.05) is 29.8 Å². The third-order valence-electron chi connectivity index (χ3n) is 2.78. The highest BCUT2D eigenvalue weighted by molar-refractivity contribution is 9.09. The van der Waals surface area contributed by atoms with Crippen molar-refractivity contribution in [2.45, 2.75) is 20.4 Å². The minimum absolute atomic E-state index is 0.0452. The molecular formula is C12H14BrN3O2. The Kier molecular flexibility index (Phi) is 3.38. The molecule has 0 amide bonds. The first-order valence-corrected chi connectivity index (χ1v) is 6.71. The fourth-order valence-corrected chi connectivity index (χ4v) is 1.92. The molecule has 5 nitrogen and oxygen atoms in total. The monoisotopic (exact) mass is 311 g/mol. The van der Waals surface area contributed by atoms with Crippen LogP contribution in [0.1, 0.15) is 13.8 Å². The van der Waals surface area contributed by atoms with Crippen LogP contribution in [0, 0.1) is 15.5 Å². The number of nitro benzene ring substituents is 1. The molecule has 0 unspecified atom stereocenters. The lowest BCUT2D eigenvalue weighted by molar-refractivity contribution is -0.384. The second-order valence-corrected chi connectivity index (χ2v) is 5.66. The van der Waals surface area contributed by atoms with Crippen molar-refractivity contribution in [3.8, 4) is 0 Å². The predicted molar refractivity (Wildman–Crippen MR) is 74.0 cm³/mol. The van der Waals surface area contributed by atoms with E-state index < -0.39 is 0 Å². The van der Waals surface area contributed by atoms with Gasteiger partial charge in [0.05, 0.1) is 16.6 Å². The van der Waals surface area contributed by atoms with Gasteiger partial charge in [0.25, 0.3) is 5.69 Å². The second-order valence-electron chi connectivity index (χ2n) is 5.10. The fourth-order valence-electron chi connectivity index (χ4n) is 1.75. The molecule has 0 fully saturated rings. The molecule has 0 atom stereocenters. The maximum Gasteiger partial charge on any atom is 0.271 e. The van der Waals surface area contributed by atoms with E-state index >= 15 is 0 Å². The van der Waals surface area contributed by atoms with Crippen LogP contribution in [0.5, 0.6) is 0 Å². The third kappa shape index (κ3) is 2.53. The van der Waals surface area contributed by atoms with Gasteiger partial charge in [0.15, 0.2) is 0 Å². The van der Waals surface area contributed by atoms with Crippen molar-refractivity contribution in [2.75, 3.05) is 5.33 Å². The van der Waals surface area contributed by atoms with Crippen molar-refractivity contribution in [1.82, 2.24) is 9.78 Å². The average Bonchev–Trinajstić information content (AvgIpc) is 2.71. The Morgan fingerprint density at radius 3 is 2.83 bits per heavy atom. The quantitative estimate of drug-likeness (QED) is 0.494.